The summed E-state index contributed by atoms with van der Waals surface area (Å²) in [5, 5.41) is 7.36. The quantitative estimate of drug-likeness (QED) is 0.151. The predicted octanol–water partition coefficient (Wildman–Crippen LogP) is 16.9. The van der Waals surface area contributed by atoms with Gasteiger partial charge in [0.05, 0.1) is 22.4 Å². The molecule has 292 valence electrons. The summed E-state index contributed by atoms with van der Waals surface area (Å²) in [7, 11) is 0. The summed E-state index contributed by atoms with van der Waals surface area (Å²) in [6.07, 6.45) is 0. The molecule has 12 rings (SSSR count). The number of rotatable bonds is 8. The Hall–Kier alpha value is -7.92. The summed E-state index contributed by atoms with van der Waals surface area (Å²) < 4.78 is 4.98. The molecule has 0 fully saturated rings. The molecule has 0 spiro atoms. The number of thiophene rings is 1. The van der Waals surface area contributed by atoms with Crippen molar-refractivity contribution in [2.45, 2.75) is 0 Å². The Kier molecular flexibility index (Phi) is 8.68. The first kappa shape index (κ1) is 36.0. The summed E-state index contributed by atoms with van der Waals surface area (Å²) in [6, 6.07) is 86.0. The summed E-state index contributed by atoms with van der Waals surface area (Å²) in [5.74, 6) is 0. The Morgan fingerprint density at radius 1 is 0.355 bits per heavy atom. The fourth-order valence-corrected chi connectivity index (χ4v) is 10.7. The maximum Gasteiger partial charge on any atom is 0.0562 e. The van der Waals surface area contributed by atoms with Gasteiger partial charge < -0.3 is 14.4 Å². The van der Waals surface area contributed by atoms with Crippen LogP contribution in [0.25, 0.3) is 69.6 Å². The van der Waals surface area contributed by atoms with Gasteiger partial charge in [0.15, 0.2) is 0 Å². The molecule has 0 saturated carbocycles. The van der Waals surface area contributed by atoms with Gasteiger partial charge >= 0.3 is 0 Å². The first-order chi connectivity index (χ1) is 30.8. The van der Waals surface area contributed by atoms with Crippen LogP contribution in [0.3, 0.4) is 0 Å². The molecule has 0 aliphatic heterocycles. The van der Waals surface area contributed by atoms with Crippen molar-refractivity contribution in [2.24, 2.45) is 0 Å². The van der Waals surface area contributed by atoms with Crippen molar-refractivity contribution in [1.29, 1.82) is 0 Å². The molecule has 0 saturated heterocycles. The number of hydrogen-bond donors (Lipinski definition) is 0. The highest BCUT2D eigenvalue weighted by molar-refractivity contribution is 7.26. The van der Waals surface area contributed by atoms with Crippen molar-refractivity contribution in [2.75, 3.05) is 9.80 Å². The van der Waals surface area contributed by atoms with E-state index in [0.29, 0.717) is 0 Å². The lowest BCUT2D eigenvalue weighted by Crippen LogP contribution is -2.14. The summed E-state index contributed by atoms with van der Waals surface area (Å²) in [6.45, 7) is 0. The SMILES string of the molecule is c1ccc(N(c2cc(-c3cccc4c3sc3ccccc34)cc(N(c3ccccc3)c3cccc4c3c3ccccc3n4-c3ccccc3)c2)c2cccc3ccccc23)cc1. The second kappa shape index (κ2) is 15.0. The normalized spacial score (nSPS) is 11.5. The molecule has 0 radical (unpaired) electrons. The lowest BCUT2D eigenvalue weighted by atomic mass is 9.99. The van der Waals surface area contributed by atoms with Crippen LogP contribution in [0.1, 0.15) is 0 Å². The Morgan fingerprint density at radius 3 is 1.65 bits per heavy atom. The number of anilines is 6. The maximum atomic E-state index is 2.47. The van der Waals surface area contributed by atoms with Gasteiger partial charge in [0, 0.05) is 64.8 Å². The van der Waals surface area contributed by atoms with Crippen LogP contribution in [0.15, 0.2) is 237 Å². The fourth-order valence-electron chi connectivity index (χ4n) is 9.44. The van der Waals surface area contributed by atoms with Gasteiger partial charge in [-0.2, -0.15) is 0 Å². The van der Waals surface area contributed by atoms with Crippen LogP contribution in [0.2, 0.25) is 0 Å². The standard InChI is InChI=1S/C58H39N3S/c1-4-21-42(22-5-1)59(52-33-16-20-40-19-10-11-27-47(40)52)45-37-41(48-30-17-31-50-49-28-13-15-36-56(49)62-58(48)50)38-46(39-45)60(43-23-6-2-7-24-43)54-34-18-35-55-57(54)51-29-12-14-32-53(51)61(55)44-25-8-3-9-26-44/h1-39H. The fraction of sp³-hybridized carbons (Fsp3) is 0. The van der Waals surface area contributed by atoms with Crippen molar-refractivity contribution in [1.82, 2.24) is 4.57 Å². The highest BCUT2D eigenvalue weighted by Crippen LogP contribution is 2.49. The molecule has 4 heteroatoms. The Morgan fingerprint density at radius 2 is 0.887 bits per heavy atom. The van der Waals surface area contributed by atoms with E-state index >= 15 is 0 Å². The van der Waals surface area contributed by atoms with E-state index in [0.717, 1.165) is 50.9 Å². The molecule has 2 aromatic heterocycles. The molecule has 0 N–H and O–H groups in total. The van der Waals surface area contributed by atoms with E-state index in [4.69, 9.17) is 0 Å². The topological polar surface area (TPSA) is 11.4 Å². The molecule has 0 bridgehead atoms. The zero-order chi connectivity index (χ0) is 41.0. The molecule has 62 heavy (non-hydrogen) atoms. The number of para-hydroxylation sites is 4. The van der Waals surface area contributed by atoms with Crippen LogP contribution in [0.5, 0.6) is 0 Å². The van der Waals surface area contributed by atoms with Crippen LogP contribution < -0.4 is 9.80 Å². The number of benzene rings is 10. The minimum atomic E-state index is 1.06. The first-order valence-corrected chi connectivity index (χ1v) is 21.9. The lowest BCUT2D eigenvalue weighted by Gasteiger charge is -2.31. The highest BCUT2D eigenvalue weighted by Gasteiger charge is 2.24. The van der Waals surface area contributed by atoms with Crippen molar-refractivity contribution >= 4 is 98.2 Å². The highest BCUT2D eigenvalue weighted by atomic mass is 32.1. The molecule has 12 aromatic rings. The number of nitrogens with zero attached hydrogens (tertiary/aromatic N) is 3. The van der Waals surface area contributed by atoms with Crippen LogP contribution in [0.4, 0.5) is 34.1 Å². The molecule has 0 atom stereocenters. The molecule has 0 unspecified atom stereocenters. The van der Waals surface area contributed by atoms with Crippen molar-refractivity contribution in [3.63, 3.8) is 0 Å². The van der Waals surface area contributed by atoms with Gasteiger partial charge in [0.2, 0.25) is 0 Å². The number of fused-ring (bicyclic) bond motifs is 7. The van der Waals surface area contributed by atoms with Gasteiger partial charge in [-0.3, -0.25) is 0 Å². The van der Waals surface area contributed by atoms with Crippen molar-refractivity contribution in [3.8, 4) is 16.8 Å². The third-order valence-corrected chi connectivity index (χ3v) is 13.3. The zero-order valence-corrected chi connectivity index (χ0v) is 34.6. The van der Waals surface area contributed by atoms with Gasteiger partial charge in [0.1, 0.15) is 0 Å². The number of hydrogen-bond acceptors (Lipinski definition) is 3. The summed E-state index contributed by atoms with van der Waals surface area (Å²) >= 11 is 1.87. The van der Waals surface area contributed by atoms with Crippen LogP contribution in [0, 0.1) is 0 Å². The van der Waals surface area contributed by atoms with Gasteiger partial charge in [-0.25, -0.2) is 0 Å². The van der Waals surface area contributed by atoms with Gasteiger partial charge in [-0.1, -0.05) is 152 Å². The molecule has 3 nitrogen and oxygen atoms in total. The number of aromatic nitrogens is 1. The third kappa shape index (κ3) is 5.95. The molecule has 0 amide bonds. The van der Waals surface area contributed by atoms with Gasteiger partial charge in [-0.15, -0.1) is 11.3 Å². The average Bonchev–Trinajstić information content (AvgIpc) is 3.89. The van der Waals surface area contributed by atoms with E-state index < -0.39 is 0 Å². The molecular formula is C58H39N3S. The van der Waals surface area contributed by atoms with E-state index in [1.807, 2.05) is 11.3 Å². The average molecular weight is 810 g/mol. The van der Waals surface area contributed by atoms with Gasteiger partial charge in [0.25, 0.3) is 0 Å². The van der Waals surface area contributed by atoms with Crippen LogP contribution in [-0.4, -0.2) is 4.57 Å². The van der Waals surface area contributed by atoms with E-state index in [1.165, 1.54) is 52.8 Å². The van der Waals surface area contributed by atoms with Crippen molar-refractivity contribution < 1.29 is 0 Å². The molecular weight excluding hydrogens is 771 g/mol. The molecule has 0 aliphatic rings. The van der Waals surface area contributed by atoms with Crippen LogP contribution in [-0.2, 0) is 0 Å². The van der Waals surface area contributed by atoms with Gasteiger partial charge in [-0.05, 0) is 101 Å². The minimum absolute atomic E-state index is 1.06. The molecule has 10 aromatic carbocycles. The molecule has 0 aliphatic carbocycles. The summed E-state index contributed by atoms with van der Waals surface area (Å²) in [5.41, 5.74) is 12.4. The summed E-state index contributed by atoms with van der Waals surface area (Å²) in [4.78, 5) is 4.90. The first-order valence-electron chi connectivity index (χ1n) is 21.1. The Balaban J connectivity index is 1.19. The van der Waals surface area contributed by atoms with Crippen LogP contribution >= 0.6 is 11.3 Å². The smallest absolute Gasteiger partial charge is 0.0562 e. The maximum absolute atomic E-state index is 2.47. The van der Waals surface area contributed by atoms with E-state index in [9.17, 15) is 0 Å². The Bertz CT molecular complexity index is 3590. The lowest BCUT2D eigenvalue weighted by molar-refractivity contribution is 1.18. The van der Waals surface area contributed by atoms with E-state index in [1.54, 1.807) is 0 Å². The Labute approximate surface area is 364 Å². The monoisotopic (exact) mass is 809 g/mol. The second-order valence-corrected chi connectivity index (χ2v) is 16.8. The van der Waals surface area contributed by atoms with Crippen molar-refractivity contribution in [3.05, 3.63) is 237 Å². The largest absolute Gasteiger partial charge is 0.310 e. The molecule has 2 heterocycles. The predicted molar refractivity (Wildman–Crippen MR) is 266 cm³/mol. The third-order valence-electron chi connectivity index (χ3n) is 12.1. The minimum Gasteiger partial charge on any atom is -0.310 e. The zero-order valence-electron chi connectivity index (χ0n) is 33.8. The second-order valence-electron chi connectivity index (χ2n) is 15.7. The van der Waals surface area contributed by atoms with E-state index in [-0.39, 0.29) is 0 Å². The van der Waals surface area contributed by atoms with E-state index in [2.05, 4.69) is 251 Å².